The summed E-state index contributed by atoms with van der Waals surface area (Å²) in [6, 6.07) is 0. The van der Waals surface area contributed by atoms with Crippen molar-refractivity contribution in [2.24, 2.45) is 0 Å². The lowest BCUT2D eigenvalue weighted by molar-refractivity contribution is -0.779. The Hall–Kier alpha value is -0.160. The van der Waals surface area contributed by atoms with Crippen LogP contribution in [0.4, 0.5) is 0 Å². The van der Waals surface area contributed by atoms with Crippen LogP contribution in [0.15, 0.2) is 0 Å². The number of aliphatic hydroxyl groups excluding tert-OH is 2. The van der Waals surface area contributed by atoms with Crippen molar-refractivity contribution >= 4 is 0 Å². The van der Waals surface area contributed by atoms with Gasteiger partial charge in [-0.3, -0.25) is 0 Å². The SMILES string of the molecule is [O-][OH+]CC(O)CO. The number of hydrogen-bond donors (Lipinski definition) is 2. The maximum absolute atomic E-state index is 9.25. The van der Waals surface area contributed by atoms with Crippen LogP contribution in [-0.4, -0.2) is 34.4 Å². The number of rotatable bonds is 3. The van der Waals surface area contributed by atoms with E-state index in [0.717, 1.165) is 0 Å². The van der Waals surface area contributed by atoms with Crippen LogP contribution < -0.4 is 5.26 Å². The van der Waals surface area contributed by atoms with E-state index >= 15 is 0 Å². The highest BCUT2D eigenvalue weighted by Gasteiger charge is 1.99. The molecule has 0 aromatic carbocycles. The molecule has 0 aliphatic heterocycles. The summed E-state index contributed by atoms with van der Waals surface area (Å²) < 4.78 is 0. The first-order valence-electron chi connectivity index (χ1n) is 1.89. The van der Waals surface area contributed by atoms with Gasteiger partial charge in [-0.2, -0.15) is 0 Å². The van der Waals surface area contributed by atoms with Gasteiger partial charge < -0.3 is 20.4 Å². The van der Waals surface area contributed by atoms with Crippen LogP contribution in [0.5, 0.6) is 0 Å². The van der Waals surface area contributed by atoms with Crippen molar-refractivity contribution in [2.45, 2.75) is 6.10 Å². The molecular formula is C3H8O4. The molecule has 0 aromatic rings. The molecule has 0 saturated heterocycles. The van der Waals surface area contributed by atoms with E-state index in [2.05, 4.69) is 4.89 Å². The van der Waals surface area contributed by atoms with E-state index in [0.29, 0.717) is 0 Å². The smallest absolute Gasteiger partial charge is 0.178 e. The highest BCUT2D eigenvalue weighted by atomic mass is 17.1. The second-order valence-electron chi connectivity index (χ2n) is 1.15. The molecule has 0 bridgehead atoms. The Labute approximate surface area is 40.9 Å². The van der Waals surface area contributed by atoms with Crippen LogP contribution in [0.25, 0.3) is 0 Å². The summed E-state index contributed by atoms with van der Waals surface area (Å²) in [6.07, 6.45) is -0.975. The third-order valence-electron chi connectivity index (χ3n) is 0.496. The summed E-state index contributed by atoms with van der Waals surface area (Å²) in [5.41, 5.74) is 0. The Morgan fingerprint density at radius 3 is 2.43 bits per heavy atom. The van der Waals surface area contributed by atoms with Crippen LogP contribution in [0.1, 0.15) is 0 Å². The minimum atomic E-state index is -0.975. The van der Waals surface area contributed by atoms with Crippen molar-refractivity contribution in [1.82, 2.24) is 0 Å². The number of aliphatic hydroxyl groups is 3. The van der Waals surface area contributed by atoms with Gasteiger partial charge in [0.15, 0.2) is 6.61 Å². The fourth-order valence-electron chi connectivity index (χ4n) is 0.144. The molecule has 0 fully saturated rings. The first-order chi connectivity index (χ1) is 3.31. The standard InChI is InChI=1S/C3H8O4/c4-1-3(5)2-7-6/h3-5,7H,1-2H2. The Balaban J connectivity index is 2.83. The summed E-state index contributed by atoms with van der Waals surface area (Å²) >= 11 is 0. The molecule has 0 saturated carbocycles. The zero-order valence-electron chi connectivity index (χ0n) is 3.74. The van der Waals surface area contributed by atoms with Crippen molar-refractivity contribution in [3.8, 4) is 0 Å². The molecule has 7 heavy (non-hydrogen) atoms. The second-order valence-corrected chi connectivity index (χ2v) is 1.15. The lowest BCUT2D eigenvalue weighted by atomic mass is 10.4. The molecule has 4 heteroatoms. The average Bonchev–Trinajstić information content (AvgIpc) is 1.68. The van der Waals surface area contributed by atoms with Gasteiger partial charge in [0, 0.05) is 0 Å². The van der Waals surface area contributed by atoms with Crippen LogP contribution >= 0.6 is 0 Å². The fourth-order valence-corrected chi connectivity index (χ4v) is 0.144. The molecule has 0 aromatic heterocycles. The largest absolute Gasteiger partial charge is 0.535 e. The second kappa shape index (κ2) is 4.01. The first kappa shape index (κ1) is 6.84. The zero-order valence-corrected chi connectivity index (χ0v) is 3.74. The van der Waals surface area contributed by atoms with Crippen molar-refractivity contribution < 1.29 is 20.4 Å². The molecule has 3 N–H and O–H groups in total. The van der Waals surface area contributed by atoms with Gasteiger partial charge in [-0.1, -0.05) is 0 Å². The predicted octanol–water partition coefficient (Wildman–Crippen LogP) is -2.86. The van der Waals surface area contributed by atoms with Crippen molar-refractivity contribution in [1.29, 1.82) is 0 Å². The monoisotopic (exact) mass is 108 g/mol. The minimum absolute atomic E-state index is 0.226. The van der Waals surface area contributed by atoms with Crippen LogP contribution in [0.3, 0.4) is 0 Å². The molecule has 0 spiro atoms. The van der Waals surface area contributed by atoms with Gasteiger partial charge in [0.05, 0.1) is 6.61 Å². The Morgan fingerprint density at radius 1 is 1.71 bits per heavy atom. The molecule has 0 heterocycles. The van der Waals surface area contributed by atoms with Crippen LogP contribution in [-0.2, 0) is 0 Å². The van der Waals surface area contributed by atoms with Gasteiger partial charge >= 0.3 is 0 Å². The minimum Gasteiger partial charge on any atom is -0.535 e. The first-order valence-corrected chi connectivity index (χ1v) is 1.89. The van der Waals surface area contributed by atoms with Gasteiger partial charge in [0.1, 0.15) is 6.10 Å². The lowest BCUT2D eigenvalue weighted by Gasteiger charge is -2.03. The van der Waals surface area contributed by atoms with Gasteiger partial charge in [0.25, 0.3) is 0 Å². The Bertz CT molecular complexity index is 37.9. The van der Waals surface area contributed by atoms with Gasteiger partial charge in [-0.15, -0.1) is 0 Å². The molecule has 4 nitrogen and oxygen atoms in total. The van der Waals surface area contributed by atoms with Gasteiger partial charge in [-0.05, 0) is 0 Å². The molecule has 0 radical (unpaired) electrons. The predicted molar refractivity (Wildman–Crippen MR) is 20.2 cm³/mol. The van der Waals surface area contributed by atoms with Gasteiger partial charge in [-0.25, -0.2) is 0 Å². The van der Waals surface area contributed by atoms with Crippen LogP contribution in [0, 0.1) is 0 Å². The van der Waals surface area contributed by atoms with Crippen molar-refractivity contribution in [2.75, 3.05) is 13.2 Å². The highest BCUT2D eigenvalue weighted by molar-refractivity contribution is 4.44. The Kier molecular flexibility index (Phi) is 3.92. The lowest BCUT2D eigenvalue weighted by Crippen LogP contribution is -2.26. The summed E-state index contributed by atoms with van der Waals surface area (Å²) in [5, 5.41) is 25.6. The quantitative estimate of drug-likeness (QED) is 0.232. The molecule has 1 atom stereocenters. The van der Waals surface area contributed by atoms with E-state index in [1.54, 1.807) is 0 Å². The maximum Gasteiger partial charge on any atom is 0.178 e. The third kappa shape index (κ3) is 3.68. The zero-order chi connectivity index (χ0) is 5.70. The average molecular weight is 108 g/mol. The van der Waals surface area contributed by atoms with Crippen LogP contribution in [0.2, 0.25) is 0 Å². The van der Waals surface area contributed by atoms with E-state index in [4.69, 9.17) is 10.2 Å². The van der Waals surface area contributed by atoms with E-state index in [-0.39, 0.29) is 6.61 Å². The summed E-state index contributed by atoms with van der Waals surface area (Å²) in [6.45, 7) is -0.623. The van der Waals surface area contributed by atoms with E-state index < -0.39 is 12.7 Å². The molecule has 44 valence electrons. The van der Waals surface area contributed by atoms with Crippen molar-refractivity contribution in [3.05, 3.63) is 0 Å². The summed E-state index contributed by atoms with van der Waals surface area (Å²) in [4.78, 5) is 2.35. The van der Waals surface area contributed by atoms with Gasteiger partial charge in [0.2, 0.25) is 0 Å². The maximum atomic E-state index is 9.25. The fraction of sp³-hybridized carbons (Fsp3) is 1.00. The normalized spacial score (nSPS) is 14.1. The third-order valence-corrected chi connectivity index (χ3v) is 0.496. The molecule has 0 amide bonds. The summed E-state index contributed by atoms with van der Waals surface area (Å²) in [7, 11) is 0. The molecule has 0 rings (SSSR count). The van der Waals surface area contributed by atoms with E-state index in [1.165, 1.54) is 0 Å². The molecule has 1 unspecified atom stereocenters. The number of hydrogen-bond acceptors (Lipinski definition) is 3. The van der Waals surface area contributed by atoms with E-state index in [9.17, 15) is 5.26 Å². The summed E-state index contributed by atoms with van der Waals surface area (Å²) in [5.74, 6) is 0. The topological polar surface area (TPSA) is 76.3 Å². The van der Waals surface area contributed by atoms with E-state index in [1.807, 2.05) is 0 Å². The molecular weight excluding hydrogens is 100 g/mol. The molecule has 0 aliphatic rings. The molecule has 0 aliphatic carbocycles. The Morgan fingerprint density at radius 2 is 2.29 bits per heavy atom. The van der Waals surface area contributed by atoms with Crippen molar-refractivity contribution in [3.63, 3.8) is 0 Å². The highest BCUT2D eigenvalue weighted by Crippen LogP contribution is 1.73.